The Bertz CT molecular complexity index is 986. The topological polar surface area (TPSA) is 55.7 Å². The fourth-order valence-electron chi connectivity index (χ4n) is 4.38. The Morgan fingerprint density at radius 3 is 2.80 bits per heavy atom. The van der Waals surface area contributed by atoms with E-state index in [2.05, 4.69) is 49.3 Å². The van der Waals surface area contributed by atoms with Crippen LogP contribution in [0, 0.1) is 0 Å². The lowest BCUT2D eigenvalue weighted by atomic mass is 10.1. The highest BCUT2D eigenvalue weighted by atomic mass is 32.1. The van der Waals surface area contributed by atoms with Crippen molar-refractivity contribution >= 4 is 27.6 Å². The van der Waals surface area contributed by atoms with Gasteiger partial charge in [-0.05, 0) is 37.5 Å². The van der Waals surface area contributed by atoms with Gasteiger partial charge in [-0.1, -0.05) is 6.07 Å². The molecule has 4 heterocycles. The lowest BCUT2D eigenvalue weighted by Crippen LogP contribution is -2.38. The van der Waals surface area contributed by atoms with Gasteiger partial charge >= 0.3 is 0 Å². The lowest BCUT2D eigenvalue weighted by Gasteiger charge is -2.31. The van der Waals surface area contributed by atoms with Crippen LogP contribution >= 0.6 is 11.5 Å². The van der Waals surface area contributed by atoms with Crippen molar-refractivity contribution in [1.82, 2.24) is 18.8 Å². The molecule has 160 valence electrons. The van der Waals surface area contributed by atoms with Gasteiger partial charge in [-0.15, -0.1) is 0 Å². The minimum atomic E-state index is 0.255. The Balaban J connectivity index is 1.20. The second kappa shape index (κ2) is 8.53. The summed E-state index contributed by atoms with van der Waals surface area (Å²) in [5, 5.41) is 2.17. The predicted molar refractivity (Wildman–Crippen MR) is 120 cm³/mol. The molecule has 0 saturated carbocycles. The zero-order chi connectivity index (χ0) is 20.5. The van der Waals surface area contributed by atoms with Gasteiger partial charge in [0.05, 0.1) is 24.7 Å². The first-order valence-electron chi connectivity index (χ1n) is 10.7. The van der Waals surface area contributed by atoms with Crippen LogP contribution in [0.1, 0.15) is 31.1 Å². The third-order valence-electron chi connectivity index (χ3n) is 6.06. The second-order valence-corrected chi connectivity index (χ2v) is 9.14. The standard InChI is InChI=1S/C22H29N5O2S/c1-25(2)22-23-21(24-30-22)14-26-10-6-17(7-11-26)29-20-5-3-4-19-18(20)8-12-27(19)16-9-13-28-15-16/h3-5,8,12,16-17H,6-7,9-11,13-15H2,1-2H3. The maximum atomic E-state index is 6.47. The van der Waals surface area contributed by atoms with E-state index in [0.717, 1.165) is 68.8 Å². The summed E-state index contributed by atoms with van der Waals surface area (Å²) in [5.41, 5.74) is 1.24. The summed E-state index contributed by atoms with van der Waals surface area (Å²) in [6, 6.07) is 9.02. The number of benzene rings is 1. The van der Waals surface area contributed by atoms with Crippen molar-refractivity contribution in [1.29, 1.82) is 0 Å². The maximum absolute atomic E-state index is 6.47. The van der Waals surface area contributed by atoms with Gasteiger partial charge in [-0.3, -0.25) is 4.90 Å². The number of likely N-dealkylation sites (tertiary alicyclic amines) is 1. The van der Waals surface area contributed by atoms with E-state index in [9.17, 15) is 0 Å². The normalized spacial score (nSPS) is 20.8. The van der Waals surface area contributed by atoms with Crippen molar-refractivity contribution in [3.8, 4) is 5.75 Å². The van der Waals surface area contributed by atoms with E-state index < -0.39 is 0 Å². The highest BCUT2D eigenvalue weighted by molar-refractivity contribution is 7.09. The number of fused-ring (bicyclic) bond motifs is 1. The van der Waals surface area contributed by atoms with Gasteiger partial charge in [0.15, 0.2) is 5.82 Å². The molecule has 5 rings (SSSR count). The van der Waals surface area contributed by atoms with Crippen LogP contribution < -0.4 is 9.64 Å². The lowest BCUT2D eigenvalue weighted by molar-refractivity contribution is 0.0967. The molecule has 1 aromatic carbocycles. The largest absolute Gasteiger partial charge is 0.490 e. The maximum Gasteiger partial charge on any atom is 0.204 e. The highest BCUT2D eigenvalue weighted by Crippen LogP contribution is 2.32. The first-order chi connectivity index (χ1) is 14.7. The van der Waals surface area contributed by atoms with E-state index in [-0.39, 0.29) is 6.10 Å². The van der Waals surface area contributed by atoms with E-state index in [4.69, 9.17) is 9.47 Å². The molecule has 0 aliphatic carbocycles. The average Bonchev–Trinajstić information content (AvgIpc) is 3.50. The monoisotopic (exact) mass is 427 g/mol. The van der Waals surface area contributed by atoms with E-state index >= 15 is 0 Å². The van der Waals surface area contributed by atoms with Crippen LogP contribution in [0.15, 0.2) is 30.5 Å². The first-order valence-corrected chi connectivity index (χ1v) is 11.5. The molecule has 1 unspecified atom stereocenters. The molecule has 0 amide bonds. The molecule has 0 radical (unpaired) electrons. The molecule has 1 atom stereocenters. The molecular formula is C22H29N5O2S. The predicted octanol–water partition coefficient (Wildman–Crippen LogP) is 3.56. The van der Waals surface area contributed by atoms with Gasteiger partial charge in [-0.2, -0.15) is 4.37 Å². The Kier molecular flexibility index (Phi) is 5.62. The minimum Gasteiger partial charge on any atom is -0.490 e. The second-order valence-electron chi connectivity index (χ2n) is 8.41. The number of hydrogen-bond acceptors (Lipinski definition) is 7. The number of rotatable bonds is 6. The van der Waals surface area contributed by atoms with Crippen molar-refractivity contribution in [3.05, 3.63) is 36.3 Å². The van der Waals surface area contributed by atoms with Crippen LogP contribution in [0.5, 0.6) is 5.75 Å². The molecule has 30 heavy (non-hydrogen) atoms. The van der Waals surface area contributed by atoms with Crippen LogP contribution in [0.4, 0.5) is 5.13 Å². The SMILES string of the molecule is CN(C)c1nc(CN2CCC(Oc3cccc4c3ccn4C3CCOC3)CC2)ns1. The fourth-order valence-corrected chi connectivity index (χ4v) is 4.97. The fraction of sp³-hybridized carbons (Fsp3) is 0.545. The van der Waals surface area contributed by atoms with E-state index in [1.807, 2.05) is 19.0 Å². The van der Waals surface area contributed by atoms with Gasteiger partial charge in [0.25, 0.3) is 0 Å². The number of nitrogens with zero attached hydrogens (tertiary/aromatic N) is 5. The highest BCUT2D eigenvalue weighted by Gasteiger charge is 2.24. The Morgan fingerprint density at radius 1 is 1.20 bits per heavy atom. The first kappa shape index (κ1) is 19.8. The Morgan fingerprint density at radius 2 is 2.07 bits per heavy atom. The molecule has 2 fully saturated rings. The smallest absolute Gasteiger partial charge is 0.204 e. The molecule has 0 bridgehead atoms. The number of piperidine rings is 1. The molecule has 7 nitrogen and oxygen atoms in total. The summed E-state index contributed by atoms with van der Waals surface area (Å²) in [6.45, 7) is 4.50. The number of aromatic nitrogens is 3. The summed E-state index contributed by atoms with van der Waals surface area (Å²) < 4.78 is 18.9. The summed E-state index contributed by atoms with van der Waals surface area (Å²) in [4.78, 5) is 9.05. The van der Waals surface area contributed by atoms with Crippen LogP contribution in [-0.4, -0.2) is 65.3 Å². The van der Waals surface area contributed by atoms with Crippen LogP contribution in [-0.2, 0) is 11.3 Å². The van der Waals surface area contributed by atoms with Crippen molar-refractivity contribution in [2.24, 2.45) is 0 Å². The van der Waals surface area contributed by atoms with Crippen molar-refractivity contribution in [3.63, 3.8) is 0 Å². The molecule has 8 heteroatoms. The van der Waals surface area contributed by atoms with Gasteiger partial charge in [-0.25, -0.2) is 4.98 Å². The summed E-state index contributed by atoms with van der Waals surface area (Å²) >= 11 is 1.46. The number of anilines is 1. The molecule has 2 aliphatic rings. The molecule has 2 aliphatic heterocycles. The van der Waals surface area contributed by atoms with E-state index in [1.165, 1.54) is 22.4 Å². The van der Waals surface area contributed by atoms with Gasteiger partial charge < -0.3 is 18.9 Å². The molecule has 3 aromatic rings. The average molecular weight is 428 g/mol. The van der Waals surface area contributed by atoms with Gasteiger partial charge in [0.1, 0.15) is 11.9 Å². The van der Waals surface area contributed by atoms with Crippen molar-refractivity contribution in [2.75, 3.05) is 45.3 Å². The van der Waals surface area contributed by atoms with E-state index in [1.54, 1.807) is 0 Å². The Labute approximate surface area is 181 Å². The quantitative estimate of drug-likeness (QED) is 0.600. The molecule has 2 aromatic heterocycles. The summed E-state index contributed by atoms with van der Waals surface area (Å²) in [6.07, 6.45) is 5.57. The zero-order valence-electron chi connectivity index (χ0n) is 17.7. The zero-order valence-corrected chi connectivity index (χ0v) is 18.5. The van der Waals surface area contributed by atoms with Crippen LogP contribution in [0.2, 0.25) is 0 Å². The van der Waals surface area contributed by atoms with Crippen LogP contribution in [0.25, 0.3) is 10.9 Å². The Hall–Kier alpha value is -2.16. The van der Waals surface area contributed by atoms with Crippen molar-refractivity contribution in [2.45, 2.75) is 38.0 Å². The summed E-state index contributed by atoms with van der Waals surface area (Å²) in [7, 11) is 4.01. The number of ether oxygens (including phenoxy) is 2. The van der Waals surface area contributed by atoms with Gasteiger partial charge in [0.2, 0.25) is 5.13 Å². The van der Waals surface area contributed by atoms with E-state index in [0.29, 0.717) is 6.04 Å². The molecule has 0 spiro atoms. The third kappa shape index (κ3) is 4.04. The van der Waals surface area contributed by atoms with Crippen LogP contribution in [0.3, 0.4) is 0 Å². The van der Waals surface area contributed by atoms with Crippen molar-refractivity contribution < 1.29 is 9.47 Å². The third-order valence-corrected chi connectivity index (χ3v) is 6.98. The molecular weight excluding hydrogens is 398 g/mol. The van der Waals surface area contributed by atoms with Gasteiger partial charge in [0, 0.05) is 56.9 Å². The summed E-state index contributed by atoms with van der Waals surface area (Å²) in [5.74, 6) is 1.92. The number of hydrogen-bond donors (Lipinski definition) is 0. The minimum absolute atomic E-state index is 0.255. The molecule has 0 N–H and O–H groups in total. The molecule has 2 saturated heterocycles.